The second-order valence-corrected chi connectivity index (χ2v) is 11.6. The van der Waals surface area contributed by atoms with E-state index in [1.54, 1.807) is 35.2 Å². The van der Waals surface area contributed by atoms with Crippen LogP contribution in [0.1, 0.15) is 68.7 Å². The van der Waals surface area contributed by atoms with Gasteiger partial charge in [0.25, 0.3) is 5.91 Å². The van der Waals surface area contributed by atoms with Crippen LogP contribution in [0.3, 0.4) is 0 Å². The van der Waals surface area contributed by atoms with Gasteiger partial charge in [-0.1, -0.05) is 12.1 Å². The Morgan fingerprint density at radius 3 is 2.24 bits per heavy atom. The first-order valence-electron chi connectivity index (χ1n) is 11.1. The highest BCUT2D eigenvalue weighted by Gasteiger charge is 2.29. The van der Waals surface area contributed by atoms with Crippen LogP contribution >= 0.6 is 0 Å². The summed E-state index contributed by atoms with van der Waals surface area (Å²) in [7, 11) is -3.26. The first-order valence-corrected chi connectivity index (χ1v) is 13.0. The van der Waals surface area contributed by atoms with Crippen molar-refractivity contribution in [3.63, 3.8) is 0 Å². The van der Waals surface area contributed by atoms with Crippen molar-refractivity contribution in [3.05, 3.63) is 53.9 Å². The van der Waals surface area contributed by atoms with Crippen LogP contribution < -0.4 is 5.32 Å². The van der Waals surface area contributed by atoms with Crippen LogP contribution in [0.2, 0.25) is 0 Å². The van der Waals surface area contributed by atoms with Gasteiger partial charge < -0.3 is 19.5 Å². The first kappa shape index (κ1) is 24.8. The third kappa shape index (κ3) is 6.37. The molecule has 1 aliphatic heterocycles. The Hall–Kier alpha value is -2.81. The SMILES string of the molecule is CC(NC(=O)c1cccn1C1CCN(C(=O)OC(C)(C)C)CC1)c1ccc(S(C)(=O)=O)cc1. The van der Waals surface area contributed by atoms with Gasteiger partial charge in [0.2, 0.25) is 0 Å². The third-order valence-corrected chi connectivity index (χ3v) is 6.81. The number of carbonyl (C=O) groups excluding carboxylic acids is 2. The Morgan fingerprint density at radius 2 is 1.70 bits per heavy atom. The van der Waals surface area contributed by atoms with Crippen LogP contribution in [-0.2, 0) is 14.6 Å². The van der Waals surface area contributed by atoms with E-state index >= 15 is 0 Å². The highest BCUT2D eigenvalue weighted by Crippen LogP contribution is 2.26. The molecule has 180 valence electrons. The lowest BCUT2D eigenvalue weighted by molar-refractivity contribution is 0.0187. The molecular formula is C24H33N3O5S. The van der Waals surface area contributed by atoms with Crippen molar-refractivity contribution >= 4 is 21.8 Å². The summed E-state index contributed by atoms with van der Waals surface area (Å²) in [6.45, 7) is 8.56. The quantitative estimate of drug-likeness (QED) is 0.706. The van der Waals surface area contributed by atoms with Gasteiger partial charge >= 0.3 is 6.09 Å². The van der Waals surface area contributed by atoms with Gasteiger partial charge in [-0.25, -0.2) is 13.2 Å². The van der Waals surface area contributed by atoms with E-state index in [0.717, 1.165) is 18.4 Å². The minimum absolute atomic E-state index is 0.115. The van der Waals surface area contributed by atoms with Crippen molar-refractivity contribution in [1.82, 2.24) is 14.8 Å². The summed E-state index contributed by atoms with van der Waals surface area (Å²) in [4.78, 5) is 27.3. The molecule has 0 bridgehead atoms. The number of sulfone groups is 1. The molecule has 1 fully saturated rings. The molecule has 8 nitrogen and oxygen atoms in total. The molecule has 2 amide bonds. The second kappa shape index (κ2) is 9.59. The fraction of sp³-hybridized carbons (Fsp3) is 0.500. The smallest absolute Gasteiger partial charge is 0.410 e. The summed E-state index contributed by atoms with van der Waals surface area (Å²) in [6.07, 6.45) is 4.23. The zero-order valence-corrected chi connectivity index (χ0v) is 20.7. The summed E-state index contributed by atoms with van der Waals surface area (Å²) >= 11 is 0. The fourth-order valence-corrected chi connectivity index (χ4v) is 4.55. The molecule has 1 atom stereocenters. The Labute approximate surface area is 195 Å². The lowest BCUT2D eigenvalue weighted by atomic mass is 10.0. The highest BCUT2D eigenvalue weighted by molar-refractivity contribution is 7.90. The van der Waals surface area contributed by atoms with Crippen molar-refractivity contribution in [2.75, 3.05) is 19.3 Å². The summed E-state index contributed by atoms with van der Waals surface area (Å²) in [5.74, 6) is -0.200. The average molecular weight is 476 g/mol. The molecule has 2 heterocycles. The molecule has 0 aliphatic carbocycles. The minimum atomic E-state index is -3.26. The van der Waals surface area contributed by atoms with E-state index in [-0.39, 0.29) is 29.0 Å². The van der Waals surface area contributed by atoms with Gasteiger partial charge in [-0.2, -0.15) is 0 Å². The number of carbonyl (C=O) groups is 2. The molecule has 1 unspecified atom stereocenters. The Morgan fingerprint density at radius 1 is 1.09 bits per heavy atom. The van der Waals surface area contributed by atoms with Crippen LogP contribution in [-0.4, -0.2) is 54.8 Å². The molecule has 1 N–H and O–H groups in total. The van der Waals surface area contributed by atoms with Crippen molar-refractivity contribution < 1.29 is 22.7 Å². The van der Waals surface area contributed by atoms with Gasteiger partial charge in [-0.15, -0.1) is 0 Å². The van der Waals surface area contributed by atoms with Crippen LogP contribution in [0.5, 0.6) is 0 Å². The number of hydrogen-bond donors (Lipinski definition) is 1. The van der Waals surface area contributed by atoms with Crippen molar-refractivity contribution in [1.29, 1.82) is 0 Å². The van der Waals surface area contributed by atoms with Crippen molar-refractivity contribution in [2.24, 2.45) is 0 Å². The van der Waals surface area contributed by atoms with Gasteiger partial charge in [0, 0.05) is 31.6 Å². The van der Waals surface area contributed by atoms with Crippen LogP contribution in [0, 0.1) is 0 Å². The van der Waals surface area contributed by atoms with E-state index in [4.69, 9.17) is 4.74 Å². The second-order valence-electron chi connectivity index (χ2n) is 9.54. The van der Waals surface area contributed by atoms with E-state index in [9.17, 15) is 18.0 Å². The molecule has 2 aromatic rings. The maximum Gasteiger partial charge on any atom is 0.410 e. The number of piperidine rings is 1. The van der Waals surface area contributed by atoms with E-state index < -0.39 is 15.4 Å². The molecule has 33 heavy (non-hydrogen) atoms. The highest BCUT2D eigenvalue weighted by atomic mass is 32.2. The predicted molar refractivity (Wildman–Crippen MR) is 126 cm³/mol. The third-order valence-electron chi connectivity index (χ3n) is 5.68. The zero-order valence-electron chi connectivity index (χ0n) is 19.9. The maximum atomic E-state index is 13.0. The predicted octanol–water partition coefficient (Wildman–Crippen LogP) is 3.95. The van der Waals surface area contributed by atoms with Gasteiger partial charge in [0.1, 0.15) is 11.3 Å². The number of aromatic nitrogens is 1. The Bertz CT molecular complexity index is 1090. The molecule has 0 radical (unpaired) electrons. The van der Waals surface area contributed by atoms with E-state index in [1.165, 1.54) is 6.26 Å². The van der Waals surface area contributed by atoms with E-state index in [0.29, 0.717) is 18.8 Å². The topological polar surface area (TPSA) is 97.7 Å². The summed E-state index contributed by atoms with van der Waals surface area (Å²) in [6, 6.07) is 9.99. The molecule has 0 saturated carbocycles. The molecule has 1 aromatic heterocycles. The first-order chi connectivity index (χ1) is 15.3. The van der Waals surface area contributed by atoms with Crippen LogP contribution in [0.15, 0.2) is 47.5 Å². The molecule has 1 saturated heterocycles. The molecule has 1 aliphatic rings. The van der Waals surface area contributed by atoms with Gasteiger partial charge in [-0.3, -0.25) is 4.79 Å². The number of rotatable bonds is 5. The number of ether oxygens (including phenoxy) is 1. The lowest BCUT2D eigenvalue weighted by Gasteiger charge is -2.34. The molecule has 0 spiro atoms. The number of nitrogens with zero attached hydrogens (tertiary/aromatic N) is 2. The molecule has 1 aromatic carbocycles. The number of benzene rings is 1. The Kier molecular flexibility index (Phi) is 7.21. The zero-order chi connectivity index (χ0) is 24.4. The summed E-state index contributed by atoms with van der Waals surface area (Å²) in [5, 5.41) is 3.00. The Balaban J connectivity index is 1.62. The van der Waals surface area contributed by atoms with E-state index in [1.807, 2.05) is 44.5 Å². The van der Waals surface area contributed by atoms with E-state index in [2.05, 4.69) is 5.32 Å². The van der Waals surface area contributed by atoms with Gasteiger partial charge in [0.15, 0.2) is 9.84 Å². The van der Waals surface area contributed by atoms with Crippen LogP contribution in [0.4, 0.5) is 4.79 Å². The number of amides is 2. The average Bonchev–Trinajstić information content (AvgIpc) is 3.22. The summed E-state index contributed by atoms with van der Waals surface area (Å²) < 4.78 is 30.7. The fourth-order valence-electron chi connectivity index (χ4n) is 3.92. The normalized spacial score (nSPS) is 16.3. The van der Waals surface area contributed by atoms with Crippen molar-refractivity contribution in [3.8, 4) is 0 Å². The summed E-state index contributed by atoms with van der Waals surface area (Å²) in [5.41, 5.74) is 0.853. The monoisotopic (exact) mass is 475 g/mol. The molecular weight excluding hydrogens is 442 g/mol. The number of likely N-dealkylation sites (tertiary alicyclic amines) is 1. The standard InChI is InChI=1S/C24H33N3O5S/c1-17(18-8-10-20(11-9-18)33(5,30)31)25-22(28)21-7-6-14-27(21)19-12-15-26(16-13-19)23(29)32-24(2,3)4/h6-11,14,17,19H,12-13,15-16H2,1-5H3,(H,25,28). The molecule has 9 heteroatoms. The largest absolute Gasteiger partial charge is 0.444 e. The van der Waals surface area contributed by atoms with Crippen LogP contribution in [0.25, 0.3) is 0 Å². The minimum Gasteiger partial charge on any atom is -0.444 e. The molecule has 3 rings (SSSR count). The maximum absolute atomic E-state index is 13.0. The number of nitrogens with one attached hydrogen (secondary N) is 1. The van der Waals surface area contributed by atoms with Gasteiger partial charge in [0.05, 0.1) is 10.9 Å². The van der Waals surface area contributed by atoms with Gasteiger partial charge in [-0.05, 0) is 70.4 Å². The van der Waals surface area contributed by atoms with Crippen molar-refractivity contribution in [2.45, 2.75) is 63.1 Å². The lowest BCUT2D eigenvalue weighted by Crippen LogP contribution is -2.42. The number of hydrogen-bond acceptors (Lipinski definition) is 5.